The second-order valence-corrected chi connectivity index (χ2v) is 8.85. The van der Waals surface area contributed by atoms with Crippen LogP contribution in [0.3, 0.4) is 0 Å². The topological polar surface area (TPSA) is 174 Å². The second-order valence-electron chi connectivity index (χ2n) is 8.85. The van der Waals surface area contributed by atoms with Gasteiger partial charge in [0.15, 0.2) is 5.78 Å². The second kappa shape index (κ2) is 10.8. The Kier molecular flexibility index (Phi) is 7.58. The highest BCUT2D eigenvalue weighted by atomic mass is 16.5. The summed E-state index contributed by atoms with van der Waals surface area (Å²) in [5.41, 5.74) is 13.9. The number of nitrogens with zero attached hydrogens (tertiary/aromatic N) is 1. The average molecular weight is 492 g/mol. The number of aromatic nitrogens is 1. The molecule has 0 spiro atoms. The largest absolute Gasteiger partial charge is 0.479 e. The maximum absolute atomic E-state index is 13.3. The summed E-state index contributed by atoms with van der Waals surface area (Å²) < 4.78 is 7.11. The van der Waals surface area contributed by atoms with Crippen LogP contribution in [-0.2, 0) is 20.7 Å². The standard InChI is InChI=1S/C26H29N5O5/c27-20(22(32)23(26(34)35)36-18-9-11-30-12-10-18)13-17-14-31(21-4-2-1-3-19(17)21)25(33)16-7-5-15(6-8-16)24(28)29/h1-8,14,18,20,23,30H,9-13,27H2,(H3,28,29)(H,34,35)/t20-,23?/m0/s1. The van der Waals surface area contributed by atoms with Crippen LogP contribution in [0.15, 0.2) is 54.7 Å². The summed E-state index contributed by atoms with van der Waals surface area (Å²) in [6, 6.07) is 12.5. The molecule has 10 nitrogen and oxygen atoms in total. The van der Waals surface area contributed by atoms with Gasteiger partial charge in [-0.15, -0.1) is 0 Å². The van der Waals surface area contributed by atoms with E-state index in [1.54, 1.807) is 42.6 Å². The SMILES string of the molecule is N=C(N)c1ccc(C(=O)n2cc(C[C@H](N)C(=O)C(OC3CCNCC3)C(=O)O)c3ccccc32)cc1. The lowest BCUT2D eigenvalue weighted by atomic mass is 9.99. The molecule has 0 amide bonds. The summed E-state index contributed by atoms with van der Waals surface area (Å²) in [4.78, 5) is 38.1. The predicted molar refractivity (Wildman–Crippen MR) is 134 cm³/mol. The number of nitrogens with two attached hydrogens (primary N) is 2. The first-order valence-corrected chi connectivity index (χ1v) is 11.7. The van der Waals surface area contributed by atoms with E-state index in [0.717, 1.165) is 5.39 Å². The first-order valence-electron chi connectivity index (χ1n) is 11.7. The van der Waals surface area contributed by atoms with Crippen molar-refractivity contribution >= 4 is 34.4 Å². The Hall–Kier alpha value is -3.86. The van der Waals surface area contributed by atoms with Crippen LogP contribution < -0.4 is 16.8 Å². The quantitative estimate of drug-likeness (QED) is 0.169. The van der Waals surface area contributed by atoms with E-state index in [-0.39, 0.29) is 24.3 Å². The molecule has 7 N–H and O–H groups in total. The highest BCUT2D eigenvalue weighted by molar-refractivity contribution is 6.05. The Morgan fingerprint density at radius 2 is 1.72 bits per heavy atom. The van der Waals surface area contributed by atoms with Crippen molar-refractivity contribution in [3.8, 4) is 0 Å². The van der Waals surface area contributed by atoms with Gasteiger partial charge in [-0.1, -0.05) is 30.3 Å². The molecule has 2 aromatic carbocycles. The number of nitrogens with one attached hydrogen (secondary N) is 2. The molecule has 0 bridgehead atoms. The van der Waals surface area contributed by atoms with E-state index in [1.165, 1.54) is 4.57 Å². The average Bonchev–Trinajstić information content (AvgIpc) is 3.25. The molecule has 2 heterocycles. The summed E-state index contributed by atoms with van der Waals surface area (Å²) in [6.07, 6.45) is 0.949. The van der Waals surface area contributed by atoms with Crippen LogP contribution >= 0.6 is 0 Å². The zero-order chi connectivity index (χ0) is 25.8. The van der Waals surface area contributed by atoms with E-state index in [4.69, 9.17) is 21.6 Å². The minimum absolute atomic E-state index is 0.0439. The summed E-state index contributed by atoms with van der Waals surface area (Å²) in [5.74, 6) is -2.46. The number of benzene rings is 2. The number of carboxylic acid groups (broad SMARTS) is 1. The highest BCUT2D eigenvalue weighted by Crippen LogP contribution is 2.24. The molecular formula is C26H29N5O5. The molecule has 3 aromatic rings. The number of aliphatic carboxylic acids is 1. The molecular weight excluding hydrogens is 462 g/mol. The van der Waals surface area contributed by atoms with Gasteiger partial charge in [0.25, 0.3) is 5.91 Å². The molecule has 0 saturated carbocycles. The zero-order valence-electron chi connectivity index (χ0n) is 19.6. The van der Waals surface area contributed by atoms with Crippen LogP contribution in [0.25, 0.3) is 10.9 Å². The van der Waals surface area contributed by atoms with Gasteiger partial charge in [0.2, 0.25) is 6.10 Å². The van der Waals surface area contributed by atoms with Gasteiger partial charge >= 0.3 is 5.97 Å². The number of fused-ring (bicyclic) bond motifs is 1. The Morgan fingerprint density at radius 1 is 1.08 bits per heavy atom. The third-order valence-electron chi connectivity index (χ3n) is 6.36. The third kappa shape index (κ3) is 5.35. The fourth-order valence-corrected chi connectivity index (χ4v) is 4.42. The number of amidine groups is 1. The minimum atomic E-state index is -1.64. The normalized spacial score (nSPS) is 15.9. The Balaban J connectivity index is 1.57. The Bertz CT molecular complexity index is 1290. The zero-order valence-corrected chi connectivity index (χ0v) is 19.6. The van der Waals surface area contributed by atoms with Gasteiger partial charge in [0.1, 0.15) is 5.84 Å². The third-order valence-corrected chi connectivity index (χ3v) is 6.36. The van der Waals surface area contributed by atoms with Crippen LogP contribution in [0, 0.1) is 5.41 Å². The van der Waals surface area contributed by atoms with E-state index in [1.807, 2.05) is 12.1 Å². The van der Waals surface area contributed by atoms with E-state index in [0.29, 0.717) is 48.1 Å². The van der Waals surface area contributed by atoms with Gasteiger partial charge in [0.05, 0.1) is 17.7 Å². The van der Waals surface area contributed by atoms with E-state index in [9.17, 15) is 19.5 Å². The highest BCUT2D eigenvalue weighted by Gasteiger charge is 2.34. The van der Waals surface area contributed by atoms with Crippen molar-refractivity contribution in [2.45, 2.75) is 37.5 Å². The Labute approximate surface area is 207 Å². The number of carboxylic acids is 1. The van der Waals surface area contributed by atoms with E-state index in [2.05, 4.69) is 5.32 Å². The van der Waals surface area contributed by atoms with Crippen molar-refractivity contribution in [1.29, 1.82) is 5.41 Å². The van der Waals surface area contributed by atoms with Crippen LogP contribution in [-0.4, -0.2) is 64.5 Å². The first-order chi connectivity index (χ1) is 17.3. The van der Waals surface area contributed by atoms with Crippen molar-refractivity contribution < 1.29 is 24.2 Å². The van der Waals surface area contributed by atoms with Crippen LogP contribution in [0.2, 0.25) is 0 Å². The van der Waals surface area contributed by atoms with Crippen molar-refractivity contribution in [2.24, 2.45) is 11.5 Å². The molecule has 0 radical (unpaired) electrons. The first kappa shape index (κ1) is 25.2. The molecule has 1 aliphatic heterocycles. The summed E-state index contributed by atoms with van der Waals surface area (Å²) in [6.45, 7) is 1.39. The number of ketones is 1. The summed E-state index contributed by atoms with van der Waals surface area (Å²) in [7, 11) is 0. The maximum Gasteiger partial charge on any atom is 0.340 e. The van der Waals surface area contributed by atoms with E-state index < -0.39 is 23.9 Å². The number of piperidine rings is 1. The van der Waals surface area contributed by atoms with Gasteiger partial charge in [-0.2, -0.15) is 0 Å². The fraction of sp³-hybridized carbons (Fsp3) is 0.308. The predicted octanol–water partition coefficient (Wildman–Crippen LogP) is 1.27. The van der Waals surface area contributed by atoms with Crippen molar-refractivity contribution in [3.05, 3.63) is 71.4 Å². The van der Waals surface area contributed by atoms with Crippen molar-refractivity contribution in [1.82, 2.24) is 9.88 Å². The van der Waals surface area contributed by atoms with Crippen LogP contribution in [0.4, 0.5) is 0 Å². The molecule has 188 valence electrons. The number of para-hydroxylation sites is 1. The number of rotatable bonds is 9. The van der Waals surface area contributed by atoms with Gasteiger partial charge in [-0.05, 0) is 56.1 Å². The number of carbonyl (C=O) groups excluding carboxylic acids is 2. The number of ether oxygens (including phenoxy) is 1. The molecule has 4 rings (SSSR count). The number of nitrogen functional groups attached to an aromatic ring is 1. The molecule has 1 aliphatic rings. The van der Waals surface area contributed by atoms with Crippen molar-refractivity contribution in [2.75, 3.05) is 13.1 Å². The Morgan fingerprint density at radius 3 is 2.36 bits per heavy atom. The lowest BCUT2D eigenvalue weighted by molar-refractivity contribution is -0.162. The molecule has 1 fully saturated rings. The van der Waals surface area contributed by atoms with Crippen LogP contribution in [0.1, 0.15) is 34.3 Å². The molecule has 1 saturated heterocycles. The minimum Gasteiger partial charge on any atom is -0.479 e. The number of carbonyl (C=O) groups is 3. The van der Waals surface area contributed by atoms with Gasteiger partial charge < -0.3 is 26.6 Å². The van der Waals surface area contributed by atoms with Gasteiger partial charge in [0, 0.05) is 22.7 Å². The van der Waals surface area contributed by atoms with Gasteiger partial charge in [-0.3, -0.25) is 19.6 Å². The molecule has 0 aliphatic carbocycles. The summed E-state index contributed by atoms with van der Waals surface area (Å²) >= 11 is 0. The van der Waals surface area contributed by atoms with Crippen molar-refractivity contribution in [3.63, 3.8) is 0 Å². The van der Waals surface area contributed by atoms with Gasteiger partial charge in [-0.25, -0.2) is 4.79 Å². The smallest absolute Gasteiger partial charge is 0.340 e. The van der Waals surface area contributed by atoms with E-state index >= 15 is 0 Å². The van der Waals surface area contributed by atoms with Crippen LogP contribution in [0.5, 0.6) is 0 Å². The number of hydrogen-bond donors (Lipinski definition) is 5. The lowest BCUT2D eigenvalue weighted by Gasteiger charge is -2.26. The fourth-order valence-electron chi connectivity index (χ4n) is 4.42. The molecule has 10 heteroatoms. The number of Topliss-reactive ketones (excluding diaryl/α,β-unsaturated/α-hetero) is 1. The molecule has 36 heavy (non-hydrogen) atoms. The number of hydrogen-bond acceptors (Lipinski definition) is 7. The maximum atomic E-state index is 13.3. The summed E-state index contributed by atoms with van der Waals surface area (Å²) in [5, 5.41) is 21.1. The molecule has 1 aromatic heterocycles. The molecule has 1 unspecified atom stereocenters. The lowest BCUT2D eigenvalue weighted by Crippen LogP contribution is -2.47. The molecule has 2 atom stereocenters. The monoisotopic (exact) mass is 491 g/mol.